The molecular weight excluding hydrogens is 360 g/mol. The van der Waals surface area contributed by atoms with Crippen LogP contribution in [0, 0.1) is 0 Å². The fourth-order valence-electron chi connectivity index (χ4n) is 2.65. The summed E-state index contributed by atoms with van der Waals surface area (Å²) in [6.07, 6.45) is 0. The van der Waals surface area contributed by atoms with E-state index in [0.717, 1.165) is 0 Å². The standard InChI is InChI=1S/C16H20N4O5S/c1-11(2)14-17-18-16(25-14)19-6-8-20(9-7-19)26(23,24)13-5-3-4-12(10-13)15(21)22/h3-5,10-11H,6-9H2,1-2H3,(H,21,22). The van der Waals surface area contributed by atoms with Gasteiger partial charge in [-0.25, -0.2) is 13.2 Å². The first kappa shape index (κ1) is 18.3. The number of anilines is 1. The van der Waals surface area contributed by atoms with Crippen molar-refractivity contribution in [1.82, 2.24) is 14.5 Å². The molecule has 140 valence electrons. The second kappa shape index (κ2) is 7.04. The van der Waals surface area contributed by atoms with Gasteiger partial charge in [0, 0.05) is 32.1 Å². The number of sulfonamides is 1. The Morgan fingerprint density at radius 3 is 2.46 bits per heavy atom. The molecule has 1 aliphatic rings. The van der Waals surface area contributed by atoms with Gasteiger partial charge >= 0.3 is 12.0 Å². The van der Waals surface area contributed by atoms with Gasteiger partial charge in [-0.15, -0.1) is 5.10 Å². The van der Waals surface area contributed by atoms with Crippen molar-refractivity contribution in [2.75, 3.05) is 31.1 Å². The molecule has 1 fully saturated rings. The predicted octanol–water partition coefficient (Wildman–Crippen LogP) is 1.40. The number of carboxylic acid groups (broad SMARTS) is 1. The van der Waals surface area contributed by atoms with Crippen molar-refractivity contribution in [1.29, 1.82) is 0 Å². The van der Waals surface area contributed by atoms with E-state index in [1.807, 2.05) is 18.7 Å². The molecular formula is C16H20N4O5S. The van der Waals surface area contributed by atoms with Gasteiger partial charge in [0.25, 0.3) is 0 Å². The zero-order chi connectivity index (χ0) is 18.9. The molecule has 2 aromatic rings. The second-order valence-electron chi connectivity index (χ2n) is 6.30. The Morgan fingerprint density at radius 2 is 1.88 bits per heavy atom. The van der Waals surface area contributed by atoms with Crippen LogP contribution in [0.25, 0.3) is 0 Å². The highest BCUT2D eigenvalue weighted by Crippen LogP contribution is 2.22. The van der Waals surface area contributed by atoms with Gasteiger partial charge in [0.15, 0.2) is 0 Å². The Hall–Kier alpha value is -2.46. The molecule has 3 rings (SSSR count). The normalized spacial score (nSPS) is 16.2. The lowest BCUT2D eigenvalue weighted by molar-refractivity contribution is 0.0696. The van der Waals surface area contributed by atoms with Gasteiger partial charge in [-0.2, -0.15) is 4.31 Å². The van der Waals surface area contributed by atoms with Crippen LogP contribution in [0.4, 0.5) is 6.01 Å². The summed E-state index contributed by atoms with van der Waals surface area (Å²) in [5, 5.41) is 17.0. The largest absolute Gasteiger partial charge is 0.478 e. The van der Waals surface area contributed by atoms with Crippen molar-refractivity contribution in [2.24, 2.45) is 0 Å². The van der Waals surface area contributed by atoms with Crippen LogP contribution >= 0.6 is 0 Å². The van der Waals surface area contributed by atoms with Crippen molar-refractivity contribution in [3.63, 3.8) is 0 Å². The summed E-state index contributed by atoms with van der Waals surface area (Å²) in [6.45, 7) is 5.23. The number of carbonyl (C=O) groups is 1. The third kappa shape index (κ3) is 3.56. The van der Waals surface area contributed by atoms with E-state index in [2.05, 4.69) is 10.2 Å². The molecule has 0 unspecified atom stereocenters. The molecule has 10 heteroatoms. The maximum absolute atomic E-state index is 12.8. The molecule has 0 bridgehead atoms. The van der Waals surface area contributed by atoms with Gasteiger partial charge in [0.05, 0.1) is 10.5 Å². The maximum atomic E-state index is 12.8. The highest BCUT2D eigenvalue weighted by atomic mass is 32.2. The van der Waals surface area contributed by atoms with Crippen LogP contribution < -0.4 is 4.90 Å². The lowest BCUT2D eigenvalue weighted by atomic mass is 10.2. The molecule has 1 N–H and O–H groups in total. The molecule has 26 heavy (non-hydrogen) atoms. The number of aromatic carboxylic acids is 1. The molecule has 1 aromatic heterocycles. The molecule has 0 saturated carbocycles. The minimum absolute atomic E-state index is 0.0225. The van der Waals surface area contributed by atoms with Gasteiger partial charge in [-0.05, 0) is 18.2 Å². The average Bonchev–Trinajstić information content (AvgIpc) is 3.12. The zero-order valence-corrected chi connectivity index (χ0v) is 15.3. The minimum atomic E-state index is -3.76. The molecule has 0 amide bonds. The summed E-state index contributed by atoms with van der Waals surface area (Å²) in [4.78, 5) is 12.9. The van der Waals surface area contributed by atoms with E-state index in [1.165, 1.54) is 28.6 Å². The summed E-state index contributed by atoms with van der Waals surface area (Å²) in [5.74, 6) is -0.496. The number of benzene rings is 1. The van der Waals surface area contributed by atoms with Crippen molar-refractivity contribution in [3.05, 3.63) is 35.7 Å². The quantitative estimate of drug-likeness (QED) is 0.827. The molecule has 1 saturated heterocycles. The number of rotatable bonds is 5. The number of hydrogen-bond acceptors (Lipinski definition) is 7. The Kier molecular flexibility index (Phi) is 4.97. The monoisotopic (exact) mass is 380 g/mol. The first-order chi connectivity index (χ1) is 12.3. The second-order valence-corrected chi connectivity index (χ2v) is 8.24. The van der Waals surface area contributed by atoms with Crippen molar-refractivity contribution < 1.29 is 22.7 Å². The molecule has 0 spiro atoms. The molecule has 1 aliphatic heterocycles. The summed E-state index contributed by atoms with van der Waals surface area (Å²) in [7, 11) is -3.76. The number of aromatic nitrogens is 2. The van der Waals surface area contributed by atoms with Crippen LogP contribution in [0.2, 0.25) is 0 Å². The maximum Gasteiger partial charge on any atom is 0.335 e. The SMILES string of the molecule is CC(C)c1nnc(N2CCN(S(=O)(=O)c3cccc(C(=O)O)c3)CC2)o1. The van der Waals surface area contributed by atoms with Crippen molar-refractivity contribution in [2.45, 2.75) is 24.7 Å². The lowest BCUT2D eigenvalue weighted by Gasteiger charge is -2.32. The van der Waals surface area contributed by atoms with Gasteiger partial charge in [-0.1, -0.05) is 25.0 Å². The van der Waals surface area contributed by atoms with E-state index in [9.17, 15) is 13.2 Å². The average molecular weight is 380 g/mol. The van der Waals surface area contributed by atoms with E-state index in [1.54, 1.807) is 0 Å². The zero-order valence-electron chi connectivity index (χ0n) is 14.5. The van der Waals surface area contributed by atoms with Gasteiger partial charge < -0.3 is 14.4 Å². The molecule has 2 heterocycles. The van der Waals surface area contributed by atoms with Crippen LogP contribution in [0.1, 0.15) is 36.0 Å². The highest BCUT2D eigenvalue weighted by molar-refractivity contribution is 7.89. The topological polar surface area (TPSA) is 117 Å². The molecule has 0 atom stereocenters. The predicted molar refractivity (Wildman–Crippen MR) is 92.8 cm³/mol. The van der Waals surface area contributed by atoms with Gasteiger partial charge in [0.1, 0.15) is 0 Å². The van der Waals surface area contributed by atoms with E-state index in [0.29, 0.717) is 25.0 Å². The van der Waals surface area contributed by atoms with E-state index < -0.39 is 16.0 Å². The smallest absolute Gasteiger partial charge is 0.335 e. The third-order valence-electron chi connectivity index (χ3n) is 4.15. The molecule has 0 aliphatic carbocycles. The van der Waals surface area contributed by atoms with Gasteiger partial charge in [0.2, 0.25) is 15.9 Å². The summed E-state index contributed by atoms with van der Waals surface area (Å²) in [5.41, 5.74) is -0.0585. The van der Waals surface area contributed by atoms with Crippen LogP contribution in [0.15, 0.2) is 33.6 Å². The van der Waals surface area contributed by atoms with E-state index >= 15 is 0 Å². The number of piperazine rings is 1. The van der Waals surface area contributed by atoms with Crippen molar-refractivity contribution >= 4 is 22.0 Å². The Bertz CT molecular complexity index is 901. The van der Waals surface area contributed by atoms with Crippen molar-refractivity contribution in [3.8, 4) is 0 Å². The van der Waals surface area contributed by atoms with Crippen LogP contribution in [0.3, 0.4) is 0 Å². The summed E-state index contributed by atoms with van der Waals surface area (Å²) >= 11 is 0. The van der Waals surface area contributed by atoms with E-state index in [4.69, 9.17) is 9.52 Å². The lowest BCUT2D eigenvalue weighted by Crippen LogP contribution is -2.48. The number of hydrogen-bond donors (Lipinski definition) is 1. The fraction of sp³-hybridized carbons (Fsp3) is 0.438. The molecule has 9 nitrogen and oxygen atoms in total. The summed E-state index contributed by atoms with van der Waals surface area (Å²) in [6, 6.07) is 5.76. The minimum Gasteiger partial charge on any atom is -0.478 e. The van der Waals surface area contributed by atoms with Gasteiger partial charge in [-0.3, -0.25) is 0 Å². The summed E-state index contributed by atoms with van der Waals surface area (Å²) < 4.78 is 32.5. The third-order valence-corrected chi connectivity index (χ3v) is 6.05. The van der Waals surface area contributed by atoms with Crippen LogP contribution in [0.5, 0.6) is 0 Å². The first-order valence-electron chi connectivity index (χ1n) is 8.21. The first-order valence-corrected chi connectivity index (χ1v) is 9.65. The van der Waals surface area contributed by atoms with E-state index in [-0.39, 0.29) is 29.5 Å². The Balaban J connectivity index is 1.72. The molecule has 0 radical (unpaired) electrons. The Labute approximate surface area is 151 Å². The fourth-order valence-corrected chi connectivity index (χ4v) is 4.11. The number of carboxylic acids is 1. The highest BCUT2D eigenvalue weighted by Gasteiger charge is 2.30. The Morgan fingerprint density at radius 1 is 1.19 bits per heavy atom. The van der Waals surface area contributed by atoms with Crippen LogP contribution in [-0.2, 0) is 10.0 Å². The number of nitrogens with zero attached hydrogens (tertiary/aromatic N) is 4. The van der Waals surface area contributed by atoms with Crippen LogP contribution in [-0.4, -0.2) is 60.2 Å². The molecule has 1 aromatic carbocycles.